The zero-order valence-electron chi connectivity index (χ0n) is 11.6. The summed E-state index contributed by atoms with van der Waals surface area (Å²) in [5.41, 5.74) is 0.668. The van der Waals surface area contributed by atoms with Gasteiger partial charge < -0.3 is 5.32 Å². The van der Waals surface area contributed by atoms with Gasteiger partial charge in [0.25, 0.3) is 0 Å². The molecule has 2 rings (SSSR count). The molecule has 1 aliphatic rings. The number of halogens is 2. The molecule has 0 aliphatic heterocycles. The Kier molecular flexibility index (Phi) is 5.65. The molecule has 1 aromatic rings. The smallest absolute Gasteiger partial charge is 0.127 e. The van der Waals surface area contributed by atoms with E-state index < -0.39 is 0 Å². The Balaban J connectivity index is 1.93. The van der Waals surface area contributed by atoms with E-state index in [4.69, 9.17) is 11.6 Å². The van der Waals surface area contributed by atoms with Crippen LogP contribution in [0.15, 0.2) is 18.2 Å². The summed E-state index contributed by atoms with van der Waals surface area (Å²) in [6.07, 6.45) is 7.78. The number of hydrogen-bond acceptors (Lipinski definition) is 1. The predicted octanol–water partition coefficient (Wildman–Crippen LogP) is 4.93. The van der Waals surface area contributed by atoms with Crippen LogP contribution < -0.4 is 5.32 Å². The summed E-state index contributed by atoms with van der Waals surface area (Å²) >= 11 is 5.92. The summed E-state index contributed by atoms with van der Waals surface area (Å²) in [5, 5.41) is 4.13. The minimum absolute atomic E-state index is 0.171. The molecule has 1 fully saturated rings. The lowest BCUT2D eigenvalue weighted by Gasteiger charge is -2.30. The fourth-order valence-corrected chi connectivity index (χ4v) is 3.30. The Labute approximate surface area is 120 Å². The van der Waals surface area contributed by atoms with Gasteiger partial charge in [0.1, 0.15) is 5.82 Å². The van der Waals surface area contributed by atoms with E-state index in [9.17, 15) is 4.39 Å². The van der Waals surface area contributed by atoms with E-state index in [0.717, 1.165) is 12.3 Å². The van der Waals surface area contributed by atoms with Gasteiger partial charge in [0, 0.05) is 23.2 Å². The van der Waals surface area contributed by atoms with E-state index in [1.54, 1.807) is 12.1 Å². The molecule has 19 heavy (non-hydrogen) atoms. The third kappa shape index (κ3) is 4.19. The van der Waals surface area contributed by atoms with Crippen molar-refractivity contribution in [3.8, 4) is 0 Å². The highest BCUT2D eigenvalue weighted by atomic mass is 35.5. The molecular formula is C16H23ClFN. The van der Waals surface area contributed by atoms with Gasteiger partial charge in [0.05, 0.1) is 0 Å². The van der Waals surface area contributed by atoms with Crippen LogP contribution in [0.1, 0.15) is 51.0 Å². The lowest BCUT2D eigenvalue weighted by atomic mass is 9.83. The van der Waals surface area contributed by atoms with E-state index in [1.807, 2.05) is 0 Å². The van der Waals surface area contributed by atoms with Crippen LogP contribution in [0.5, 0.6) is 0 Å². The van der Waals surface area contributed by atoms with Crippen molar-refractivity contribution in [2.24, 2.45) is 5.92 Å². The van der Waals surface area contributed by atoms with E-state index >= 15 is 0 Å². The maximum absolute atomic E-state index is 13.7. The Morgan fingerprint density at radius 3 is 2.74 bits per heavy atom. The second kappa shape index (κ2) is 7.25. The highest BCUT2D eigenvalue weighted by molar-refractivity contribution is 6.30. The normalized spacial score (nSPS) is 18.5. The van der Waals surface area contributed by atoms with Gasteiger partial charge in [-0.1, -0.05) is 37.8 Å². The maximum Gasteiger partial charge on any atom is 0.127 e. The van der Waals surface area contributed by atoms with Gasteiger partial charge in [-0.2, -0.15) is 0 Å². The van der Waals surface area contributed by atoms with Crippen LogP contribution in [-0.4, -0.2) is 6.04 Å². The minimum atomic E-state index is -0.171. The first-order valence-electron chi connectivity index (χ1n) is 7.38. The Bertz CT molecular complexity index is 402. The molecule has 0 amide bonds. The number of hydrogen-bond donors (Lipinski definition) is 1. The summed E-state index contributed by atoms with van der Waals surface area (Å²) < 4.78 is 13.7. The quantitative estimate of drug-likeness (QED) is 0.808. The van der Waals surface area contributed by atoms with Gasteiger partial charge >= 0.3 is 0 Å². The van der Waals surface area contributed by atoms with Crippen molar-refractivity contribution >= 4 is 11.6 Å². The molecule has 1 nitrogen and oxygen atoms in total. The molecule has 0 radical (unpaired) electrons. The molecule has 1 saturated carbocycles. The molecule has 1 aromatic carbocycles. The van der Waals surface area contributed by atoms with Crippen LogP contribution in [0.3, 0.4) is 0 Å². The monoisotopic (exact) mass is 283 g/mol. The number of benzene rings is 1. The topological polar surface area (TPSA) is 12.0 Å². The van der Waals surface area contributed by atoms with Crippen LogP contribution in [-0.2, 0) is 6.54 Å². The van der Waals surface area contributed by atoms with E-state index in [1.165, 1.54) is 38.2 Å². The first-order chi connectivity index (χ1) is 9.20. The highest BCUT2D eigenvalue weighted by Gasteiger charge is 2.21. The SMILES string of the molecule is CCC(NCc1cc(Cl)ccc1F)C1CCCCC1. The third-order valence-electron chi connectivity index (χ3n) is 4.22. The molecule has 0 bridgehead atoms. The summed E-state index contributed by atoms with van der Waals surface area (Å²) in [4.78, 5) is 0. The second-order valence-corrected chi connectivity index (χ2v) is 5.97. The fourth-order valence-electron chi connectivity index (χ4n) is 3.10. The lowest BCUT2D eigenvalue weighted by Crippen LogP contribution is -2.36. The number of rotatable bonds is 5. The molecule has 3 heteroatoms. The minimum Gasteiger partial charge on any atom is -0.310 e. The summed E-state index contributed by atoms with van der Waals surface area (Å²) in [7, 11) is 0. The van der Waals surface area contributed by atoms with Crippen LogP contribution in [0.25, 0.3) is 0 Å². The van der Waals surface area contributed by atoms with Crippen molar-refractivity contribution in [2.75, 3.05) is 0 Å². The van der Waals surface area contributed by atoms with Gasteiger partial charge in [-0.3, -0.25) is 0 Å². The third-order valence-corrected chi connectivity index (χ3v) is 4.46. The average Bonchev–Trinajstić information content (AvgIpc) is 2.44. The average molecular weight is 284 g/mol. The Hall–Kier alpha value is -0.600. The van der Waals surface area contributed by atoms with Crippen LogP contribution >= 0.6 is 11.6 Å². The van der Waals surface area contributed by atoms with Crippen LogP contribution in [0.4, 0.5) is 4.39 Å². The van der Waals surface area contributed by atoms with Crippen molar-refractivity contribution in [3.05, 3.63) is 34.6 Å². The molecular weight excluding hydrogens is 261 g/mol. The van der Waals surface area contributed by atoms with Crippen molar-refractivity contribution < 1.29 is 4.39 Å². The largest absolute Gasteiger partial charge is 0.310 e. The van der Waals surface area contributed by atoms with E-state index in [0.29, 0.717) is 23.2 Å². The van der Waals surface area contributed by atoms with Gasteiger partial charge in [-0.05, 0) is 43.4 Å². The maximum atomic E-state index is 13.7. The molecule has 0 saturated heterocycles. The highest BCUT2D eigenvalue weighted by Crippen LogP contribution is 2.28. The second-order valence-electron chi connectivity index (χ2n) is 5.53. The summed E-state index contributed by atoms with van der Waals surface area (Å²) in [6, 6.07) is 5.26. The molecule has 1 unspecified atom stereocenters. The van der Waals surface area contributed by atoms with Gasteiger partial charge in [0.15, 0.2) is 0 Å². The molecule has 1 N–H and O–H groups in total. The van der Waals surface area contributed by atoms with Crippen LogP contribution in [0, 0.1) is 11.7 Å². The first kappa shape index (κ1) is 14.8. The summed E-state index contributed by atoms with van der Waals surface area (Å²) in [6.45, 7) is 2.78. The van der Waals surface area contributed by atoms with E-state index in [2.05, 4.69) is 12.2 Å². The molecule has 0 aromatic heterocycles. The summed E-state index contributed by atoms with van der Waals surface area (Å²) in [5.74, 6) is 0.580. The van der Waals surface area contributed by atoms with E-state index in [-0.39, 0.29) is 5.82 Å². The zero-order valence-corrected chi connectivity index (χ0v) is 12.3. The van der Waals surface area contributed by atoms with Gasteiger partial charge in [-0.25, -0.2) is 4.39 Å². The standard InChI is InChI=1S/C16H23ClFN/c1-2-16(12-6-4-3-5-7-12)19-11-13-10-14(17)8-9-15(13)18/h8-10,12,16,19H,2-7,11H2,1H3. The fraction of sp³-hybridized carbons (Fsp3) is 0.625. The molecule has 1 atom stereocenters. The van der Waals surface area contributed by atoms with Crippen LogP contribution in [0.2, 0.25) is 5.02 Å². The van der Waals surface area contributed by atoms with Crippen molar-refractivity contribution in [1.29, 1.82) is 0 Å². The zero-order chi connectivity index (χ0) is 13.7. The molecule has 106 valence electrons. The van der Waals surface area contributed by atoms with Gasteiger partial charge in [0.2, 0.25) is 0 Å². The molecule has 0 spiro atoms. The number of nitrogens with one attached hydrogen (secondary N) is 1. The van der Waals surface area contributed by atoms with Gasteiger partial charge in [-0.15, -0.1) is 0 Å². The lowest BCUT2D eigenvalue weighted by molar-refractivity contribution is 0.261. The van der Waals surface area contributed by atoms with Crippen molar-refractivity contribution in [1.82, 2.24) is 5.32 Å². The molecule has 1 aliphatic carbocycles. The first-order valence-corrected chi connectivity index (χ1v) is 7.75. The van der Waals surface area contributed by atoms with Crippen molar-refractivity contribution in [3.63, 3.8) is 0 Å². The Morgan fingerprint density at radius 1 is 1.32 bits per heavy atom. The molecule has 0 heterocycles. The predicted molar refractivity (Wildman–Crippen MR) is 78.9 cm³/mol. The van der Waals surface area contributed by atoms with Crippen molar-refractivity contribution in [2.45, 2.75) is 58.0 Å². The Morgan fingerprint density at radius 2 is 2.05 bits per heavy atom.